The fraction of sp³-hybridized carbons (Fsp3) is 0.143. The highest BCUT2D eigenvalue weighted by Gasteiger charge is 2.16. The van der Waals surface area contributed by atoms with E-state index in [9.17, 15) is 10.1 Å². The van der Waals surface area contributed by atoms with Gasteiger partial charge >= 0.3 is 0 Å². The molecule has 0 saturated carbocycles. The number of carbonyl (C=O) groups excluding carboxylic acids is 1. The number of nitrogens with zero attached hydrogens (tertiary/aromatic N) is 1. The van der Waals surface area contributed by atoms with E-state index in [4.69, 9.17) is 4.74 Å². The van der Waals surface area contributed by atoms with Crippen molar-refractivity contribution in [2.45, 2.75) is 13.0 Å². The molecule has 2 aromatic rings. The van der Waals surface area contributed by atoms with Crippen LogP contribution in [0.1, 0.15) is 24.1 Å². The summed E-state index contributed by atoms with van der Waals surface area (Å²) in [6.07, 6.45) is 3.52. The highest BCUT2D eigenvalue weighted by molar-refractivity contribution is 5.98. The molecule has 25 heavy (non-hydrogen) atoms. The van der Waals surface area contributed by atoms with Crippen LogP contribution in [0.2, 0.25) is 0 Å². The molecule has 0 aromatic heterocycles. The van der Waals surface area contributed by atoms with E-state index in [1.165, 1.54) is 0 Å². The molecule has 0 aliphatic carbocycles. The van der Waals surface area contributed by atoms with Gasteiger partial charge in [-0.3, -0.25) is 4.79 Å². The number of carbonyl (C=O) groups is 1. The zero-order valence-corrected chi connectivity index (χ0v) is 13.9. The summed E-state index contributed by atoms with van der Waals surface area (Å²) in [5.74, 6) is 0.416. The van der Waals surface area contributed by atoms with Gasteiger partial charge in [-0.15, -0.1) is 0 Å². The number of benzene rings is 2. The number of nitrogens with one attached hydrogen (secondary N) is 1. The average Bonchev–Trinajstić information content (AvgIpc) is 2.66. The van der Waals surface area contributed by atoms with E-state index in [1.807, 2.05) is 73.7 Å². The van der Waals surface area contributed by atoms with Crippen LogP contribution in [0, 0.1) is 11.3 Å². The molecule has 3 rings (SSSR count). The van der Waals surface area contributed by atoms with Crippen LogP contribution >= 0.6 is 0 Å². The topological polar surface area (TPSA) is 62.1 Å². The van der Waals surface area contributed by atoms with Crippen molar-refractivity contribution in [1.29, 1.82) is 5.26 Å². The van der Waals surface area contributed by atoms with Crippen molar-refractivity contribution < 1.29 is 9.53 Å². The van der Waals surface area contributed by atoms with E-state index in [0.29, 0.717) is 6.61 Å². The Labute approximate surface area is 147 Å². The van der Waals surface area contributed by atoms with Gasteiger partial charge < -0.3 is 10.1 Å². The molecule has 1 unspecified atom stereocenters. The van der Waals surface area contributed by atoms with Crippen LogP contribution in [-0.2, 0) is 4.79 Å². The Balaban J connectivity index is 1.76. The molecule has 0 fully saturated rings. The van der Waals surface area contributed by atoms with Gasteiger partial charge in [0.25, 0.3) is 5.91 Å². The maximum absolute atomic E-state index is 12.4. The lowest BCUT2D eigenvalue weighted by Gasteiger charge is -2.17. The number of hydrogen-bond acceptors (Lipinski definition) is 3. The lowest BCUT2D eigenvalue weighted by molar-refractivity contribution is -0.117. The van der Waals surface area contributed by atoms with Gasteiger partial charge in [0.05, 0.1) is 6.04 Å². The Hall–Kier alpha value is -3.32. The van der Waals surface area contributed by atoms with Crippen molar-refractivity contribution in [1.82, 2.24) is 5.32 Å². The molecule has 0 saturated heterocycles. The molecule has 1 atom stereocenters. The van der Waals surface area contributed by atoms with Crippen LogP contribution in [0.3, 0.4) is 0 Å². The minimum absolute atomic E-state index is 0.0667. The van der Waals surface area contributed by atoms with Gasteiger partial charge in [0.2, 0.25) is 0 Å². The lowest BCUT2D eigenvalue weighted by Crippen LogP contribution is -2.27. The van der Waals surface area contributed by atoms with Gasteiger partial charge in [-0.25, -0.2) is 0 Å². The van der Waals surface area contributed by atoms with Crippen LogP contribution < -0.4 is 10.1 Å². The van der Waals surface area contributed by atoms with Crippen LogP contribution in [0.25, 0.3) is 6.08 Å². The van der Waals surface area contributed by atoms with Crippen molar-refractivity contribution in [2.24, 2.45) is 0 Å². The smallest absolute Gasteiger partial charge is 0.262 e. The van der Waals surface area contributed by atoms with Gasteiger partial charge in [-0.2, -0.15) is 5.26 Å². The Morgan fingerprint density at radius 2 is 1.92 bits per heavy atom. The van der Waals surface area contributed by atoms with Crippen LogP contribution in [0.15, 0.2) is 71.8 Å². The fourth-order valence-corrected chi connectivity index (χ4v) is 2.65. The van der Waals surface area contributed by atoms with Crippen molar-refractivity contribution in [2.75, 3.05) is 6.61 Å². The maximum atomic E-state index is 12.4. The second kappa shape index (κ2) is 7.50. The zero-order chi connectivity index (χ0) is 17.6. The number of rotatable bonds is 4. The fourth-order valence-electron chi connectivity index (χ4n) is 2.65. The van der Waals surface area contributed by atoms with Crippen LogP contribution in [0.5, 0.6) is 5.75 Å². The minimum atomic E-state index is -0.390. The van der Waals surface area contributed by atoms with Gasteiger partial charge in [0.1, 0.15) is 24.0 Å². The summed E-state index contributed by atoms with van der Waals surface area (Å²) in [5, 5.41) is 12.2. The van der Waals surface area contributed by atoms with E-state index in [0.717, 1.165) is 22.4 Å². The molecule has 4 heteroatoms. The number of hydrogen-bond donors (Lipinski definition) is 1. The third-order valence-electron chi connectivity index (χ3n) is 4.00. The standard InChI is InChI=1S/C21H18N2O2/c1-15(17-7-3-2-4-8-17)23-21(24)19(13-22)12-16-11-18-9-5-6-10-20(18)25-14-16/h2-12,15H,14H2,1H3,(H,23,24)/b19-12+. The highest BCUT2D eigenvalue weighted by atomic mass is 16.5. The first-order chi connectivity index (χ1) is 12.2. The molecule has 2 aromatic carbocycles. The summed E-state index contributed by atoms with van der Waals surface area (Å²) in [4.78, 5) is 12.4. The first-order valence-electron chi connectivity index (χ1n) is 8.07. The summed E-state index contributed by atoms with van der Waals surface area (Å²) in [6, 6.07) is 19.1. The molecular weight excluding hydrogens is 312 g/mol. The number of para-hydroxylation sites is 1. The monoisotopic (exact) mass is 330 g/mol. The molecule has 1 heterocycles. The van der Waals surface area contributed by atoms with Crippen molar-refractivity contribution in [3.63, 3.8) is 0 Å². The molecule has 0 spiro atoms. The maximum Gasteiger partial charge on any atom is 0.262 e. The summed E-state index contributed by atoms with van der Waals surface area (Å²) < 4.78 is 5.66. The van der Waals surface area contributed by atoms with Crippen LogP contribution in [0.4, 0.5) is 0 Å². The predicted molar refractivity (Wildman–Crippen MR) is 96.6 cm³/mol. The highest BCUT2D eigenvalue weighted by Crippen LogP contribution is 2.26. The second-order valence-electron chi connectivity index (χ2n) is 5.82. The molecule has 4 nitrogen and oxygen atoms in total. The largest absolute Gasteiger partial charge is 0.488 e. The van der Waals surface area contributed by atoms with Crippen LogP contribution in [-0.4, -0.2) is 12.5 Å². The van der Waals surface area contributed by atoms with E-state index in [1.54, 1.807) is 6.08 Å². The van der Waals surface area contributed by atoms with Crippen molar-refractivity contribution in [3.05, 3.63) is 82.9 Å². The first kappa shape index (κ1) is 16.5. The first-order valence-corrected chi connectivity index (χ1v) is 8.07. The Morgan fingerprint density at radius 1 is 1.20 bits per heavy atom. The summed E-state index contributed by atoms with van der Waals surface area (Å²) in [7, 11) is 0. The number of nitriles is 1. The summed E-state index contributed by atoms with van der Waals surface area (Å²) >= 11 is 0. The SMILES string of the molecule is CC(NC(=O)/C(C#N)=C/C1=Cc2ccccc2OC1)c1ccccc1. The summed E-state index contributed by atoms with van der Waals surface area (Å²) in [6.45, 7) is 2.23. The second-order valence-corrected chi connectivity index (χ2v) is 5.82. The number of amides is 1. The average molecular weight is 330 g/mol. The van der Waals surface area contributed by atoms with E-state index in [2.05, 4.69) is 5.32 Å². The zero-order valence-electron chi connectivity index (χ0n) is 13.9. The van der Waals surface area contributed by atoms with Crippen molar-refractivity contribution >= 4 is 12.0 Å². The molecule has 0 radical (unpaired) electrons. The Kier molecular flexibility index (Phi) is 4.96. The quantitative estimate of drug-likeness (QED) is 0.685. The molecular formula is C21H18N2O2. The minimum Gasteiger partial charge on any atom is -0.488 e. The van der Waals surface area contributed by atoms with E-state index < -0.39 is 5.91 Å². The molecule has 1 aliphatic heterocycles. The third-order valence-corrected chi connectivity index (χ3v) is 4.00. The molecule has 0 bridgehead atoms. The summed E-state index contributed by atoms with van der Waals surface area (Å²) in [5.41, 5.74) is 2.78. The van der Waals surface area contributed by atoms with Crippen molar-refractivity contribution in [3.8, 4) is 11.8 Å². The van der Waals surface area contributed by atoms with Gasteiger partial charge in [0, 0.05) is 5.56 Å². The molecule has 124 valence electrons. The normalized spacial score (nSPS) is 14.4. The molecule has 1 N–H and O–H groups in total. The Bertz CT molecular complexity index is 876. The molecule has 1 aliphatic rings. The third kappa shape index (κ3) is 3.96. The van der Waals surface area contributed by atoms with Gasteiger partial charge in [-0.05, 0) is 36.3 Å². The number of ether oxygens (including phenoxy) is 1. The predicted octanol–water partition coefficient (Wildman–Crippen LogP) is 3.79. The van der Waals surface area contributed by atoms with E-state index >= 15 is 0 Å². The number of fused-ring (bicyclic) bond motifs is 1. The lowest BCUT2D eigenvalue weighted by atomic mass is 10.0. The van der Waals surface area contributed by atoms with E-state index in [-0.39, 0.29) is 11.6 Å². The van der Waals surface area contributed by atoms with Gasteiger partial charge in [-0.1, -0.05) is 48.5 Å². The van der Waals surface area contributed by atoms with Gasteiger partial charge in [0.15, 0.2) is 0 Å². The molecule has 1 amide bonds. The Morgan fingerprint density at radius 3 is 2.68 bits per heavy atom.